The molecule has 3 rings (SSSR count). The fourth-order valence-electron chi connectivity index (χ4n) is 3.17. The predicted octanol–water partition coefficient (Wildman–Crippen LogP) is 5.31. The molecule has 0 aromatic heterocycles. The van der Waals surface area contributed by atoms with Crippen LogP contribution < -0.4 is 0 Å². The van der Waals surface area contributed by atoms with Crippen LogP contribution in [0.15, 0.2) is 29.1 Å². The molecular weight excluding hydrogens is 316 g/mol. The summed E-state index contributed by atoms with van der Waals surface area (Å²) >= 11 is 3.69. The van der Waals surface area contributed by atoms with E-state index in [4.69, 9.17) is 9.47 Å². The number of hydrogen-bond acceptors (Lipinski definition) is 2. The Morgan fingerprint density at radius 1 is 0.950 bits per heavy atom. The molecule has 3 heteroatoms. The highest BCUT2D eigenvalue weighted by Gasteiger charge is 2.38. The van der Waals surface area contributed by atoms with E-state index in [1.54, 1.807) is 12.5 Å². The van der Waals surface area contributed by atoms with Crippen LogP contribution in [0.2, 0.25) is 0 Å². The summed E-state index contributed by atoms with van der Waals surface area (Å²) in [4.78, 5) is 0. The minimum absolute atomic E-state index is 0.201. The van der Waals surface area contributed by atoms with Crippen LogP contribution in [0.5, 0.6) is 0 Å². The molecule has 0 radical (unpaired) electrons. The third kappa shape index (κ3) is 2.16. The van der Waals surface area contributed by atoms with E-state index in [9.17, 15) is 0 Å². The molecule has 2 aliphatic rings. The van der Waals surface area contributed by atoms with Crippen LogP contribution in [0.3, 0.4) is 0 Å². The van der Waals surface area contributed by atoms with E-state index in [1.165, 1.54) is 24.0 Å². The van der Waals surface area contributed by atoms with Gasteiger partial charge in [0, 0.05) is 10.0 Å². The van der Waals surface area contributed by atoms with E-state index in [0.29, 0.717) is 0 Å². The van der Waals surface area contributed by atoms with Crippen molar-refractivity contribution in [3.8, 4) is 0 Å². The Kier molecular flexibility index (Phi) is 3.16. The van der Waals surface area contributed by atoms with Gasteiger partial charge in [0.2, 0.25) is 0 Å². The Labute approximate surface area is 129 Å². The maximum atomic E-state index is 5.50. The topological polar surface area (TPSA) is 18.5 Å². The van der Waals surface area contributed by atoms with Crippen LogP contribution in [0.1, 0.15) is 63.5 Å². The molecule has 0 saturated heterocycles. The molecule has 0 spiro atoms. The van der Waals surface area contributed by atoms with Gasteiger partial charge in [-0.3, -0.25) is 0 Å². The van der Waals surface area contributed by atoms with Crippen molar-refractivity contribution in [2.24, 2.45) is 0 Å². The number of hydrogen-bond donors (Lipinski definition) is 0. The molecule has 0 N–H and O–H groups in total. The van der Waals surface area contributed by atoms with Crippen molar-refractivity contribution in [3.63, 3.8) is 0 Å². The highest BCUT2D eigenvalue weighted by atomic mass is 79.9. The molecule has 0 saturated carbocycles. The van der Waals surface area contributed by atoms with E-state index in [2.05, 4.69) is 55.8 Å². The molecule has 1 aliphatic carbocycles. The molecule has 0 unspecified atom stereocenters. The smallest absolute Gasteiger partial charge is 0.267 e. The molecule has 0 amide bonds. The molecule has 1 aromatic carbocycles. The maximum absolute atomic E-state index is 5.50. The van der Waals surface area contributed by atoms with Gasteiger partial charge in [-0.1, -0.05) is 43.6 Å². The highest BCUT2D eigenvalue weighted by Crippen LogP contribution is 2.48. The Bertz CT molecular complexity index is 565. The van der Waals surface area contributed by atoms with Crippen molar-refractivity contribution in [1.82, 2.24) is 0 Å². The number of rotatable bonds is 1. The first-order valence-electron chi connectivity index (χ1n) is 7.12. The molecule has 1 aromatic rings. The van der Waals surface area contributed by atoms with Crippen molar-refractivity contribution in [3.05, 3.63) is 45.8 Å². The largest absolute Gasteiger partial charge is 0.455 e. The van der Waals surface area contributed by atoms with Gasteiger partial charge in [0.1, 0.15) is 12.5 Å². The van der Waals surface area contributed by atoms with E-state index in [0.717, 1.165) is 10.0 Å². The van der Waals surface area contributed by atoms with Gasteiger partial charge in [0.15, 0.2) is 0 Å². The van der Waals surface area contributed by atoms with Crippen LogP contribution in [-0.4, -0.2) is 0 Å². The molecule has 0 atom stereocenters. The zero-order valence-corrected chi connectivity index (χ0v) is 14.1. The van der Waals surface area contributed by atoms with Crippen LogP contribution in [0.4, 0.5) is 0 Å². The normalized spacial score (nSPS) is 23.1. The molecule has 1 aliphatic heterocycles. The highest BCUT2D eigenvalue weighted by molar-refractivity contribution is 9.10. The zero-order valence-electron chi connectivity index (χ0n) is 12.5. The van der Waals surface area contributed by atoms with Crippen LogP contribution >= 0.6 is 15.9 Å². The molecule has 0 bridgehead atoms. The standard InChI is InChI=1S/C17H21BrO2/c1-16(2)5-6-17(3,4)13-10-14(18)11(9-12(13)16)15-19-7-8-20-15/h7-10,15H,5-6H2,1-4H3. The average Bonchev–Trinajstić information content (AvgIpc) is 2.88. The van der Waals surface area contributed by atoms with Gasteiger partial charge < -0.3 is 9.47 Å². The molecule has 2 nitrogen and oxygen atoms in total. The van der Waals surface area contributed by atoms with E-state index in [1.807, 2.05) is 0 Å². The number of ether oxygens (including phenoxy) is 2. The molecule has 0 fully saturated rings. The molecule has 1 heterocycles. The van der Waals surface area contributed by atoms with Gasteiger partial charge in [0.05, 0.1) is 0 Å². The third-order valence-corrected chi connectivity index (χ3v) is 5.37. The zero-order chi connectivity index (χ0) is 14.5. The van der Waals surface area contributed by atoms with E-state index in [-0.39, 0.29) is 17.1 Å². The van der Waals surface area contributed by atoms with Gasteiger partial charge in [-0.25, -0.2) is 0 Å². The Hall–Kier alpha value is -0.960. The summed E-state index contributed by atoms with van der Waals surface area (Å²) in [5.41, 5.74) is 4.36. The first kappa shape index (κ1) is 14.0. The second-order valence-corrected chi connectivity index (χ2v) is 7.92. The summed E-state index contributed by atoms with van der Waals surface area (Å²) in [5.74, 6) is 0. The van der Waals surface area contributed by atoms with E-state index < -0.39 is 0 Å². The predicted molar refractivity (Wildman–Crippen MR) is 83.5 cm³/mol. The second kappa shape index (κ2) is 4.52. The lowest BCUT2D eigenvalue weighted by molar-refractivity contribution is -0.0253. The van der Waals surface area contributed by atoms with Gasteiger partial charge in [-0.15, -0.1) is 0 Å². The SMILES string of the molecule is CC1(C)CCC(C)(C)c2cc(C3OC=CO3)c(Br)cc21. The summed E-state index contributed by atoms with van der Waals surface area (Å²) in [6, 6.07) is 4.52. The Morgan fingerprint density at radius 3 is 2.00 bits per heavy atom. The second-order valence-electron chi connectivity index (χ2n) is 7.06. The van der Waals surface area contributed by atoms with Gasteiger partial charge in [-0.2, -0.15) is 0 Å². The van der Waals surface area contributed by atoms with Crippen LogP contribution in [-0.2, 0) is 20.3 Å². The summed E-state index contributed by atoms with van der Waals surface area (Å²) in [7, 11) is 0. The summed E-state index contributed by atoms with van der Waals surface area (Å²) in [6.45, 7) is 9.31. The lowest BCUT2D eigenvalue weighted by Gasteiger charge is -2.42. The third-order valence-electron chi connectivity index (χ3n) is 4.68. The Balaban J connectivity index is 2.14. The fourth-order valence-corrected chi connectivity index (χ4v) is 3.70. The van der Waals surface area contributed by atoms with E-state index >= 15 is 0 Å². The monoisotopic (exact) mass is 336 g/mol. The molecule has 20 heavy (non-hydrogen) atoms. The van der Waals surface area contributed by atoms with Crippen molar-refractivity contribution >= 4 is 15.9 Å². The van der Waals surface area contributed by atoms with Crippen molar-refractivity contribution in [2.75, 3.05) is 0 Å². The van der Waals surface area contributed by atoms with Crippen molar-refractivity contribution in [1.29, 1.82) is 0 Å². The molecular formula is C17H21BrO2. The summed E-state index contributed by atoms with van der Waals surface area (Å²) in [6.07, 6.45) is 5.31. The molecule has 108 valence electrons. The number of halogens is 1. The van der Waals surface area contributed by atoms with Crippen LogP contribution in [0.25, 0.3) is 0 Å². The lowest BCUT2D eigenvalue weighted by Crippen LogP contribution is -2.34. The minimum Gasteiger partial charge on any atom is -0.455 e. The minimum atomic E-state index is -0.324. The van der Waals surface area contributed by atoms with Crippen LogP contribution in [0, 0.1) is 0 Å². The average molecular weight is 337 g/mol. The Morgan fingerprint density at radius 2 is 1.45 bits per heavy atom. The van der Waals surface area contributed by atoms with Gasteiger partial charge >= 0.3 is 0 Å². The van der Waals surface area contributed by atoms with Gasteiger partial charge in [0.25, 0.3) is 6.29 Å². The summed E-state index contributed by atoms with van der Waals surface area (Å²) < 4.78 is 12.1. The van der Waals surface area contributed by atoms with Gasteiger partial charge in [-0.05, 0) is 46.9 Å². The first-order valence-corrected chi connectivity index (χ1v) is 7.91. The maximum Gasteiger partial charge on any atom is 0.267 e. The lowest BCUT2D eigenvalue weighted by atomic mass is 9.63. The quantitative estimate of drug-likeness (QED) is 0.691. The fraction of sp³-hybridized carbons (Fsp3) is 0.529. The van der Waals surface area contributed by atoms with Crippen molar-refractivity contribution < 1.29 is 9.47 Å². The van der Waals surface area contributed by atoms with Crippen molar-refractivity contribution in [2.45, 2.75) is 57.7 Å². The number of benzene rings is 1. The number of fused-ring (bicyclic) bond motifs is 1. The summed E-state index contributed by atoms with van der Waals surface area (Å²) in [5, 5.41) is 0. The first-order chi connectivity index (χ1) is 9.31.